The second kappa shape index (κ2) is 7.55. The Morgan fingerprint density at radius 1 is 1.08 bits per heavy atom. The first kappa shape index (κ1) is 17.2. The maximum absolute atomic E-state index is 3.40. The SMILES string of the molecule is CN(C)CC1Cc2ccccc2N(CCCc2c[nH]c3ccccc23)C1. The van der Waals surface area contributed by atoms with Crippen molar-refractivity contribution in [3.63, 3.8) is 0 Å². The van der Waals surface area contributed by atoms with Crippen molar-refractivity contribution in [3.05, 3.63) is 65.9 Å². The molecule has 4 rings (SSSR count). The maximum Gasteiger partial charge on any atom is 0.0456 e. The number of aromatic amines is 1. The molecule has 1 aromatic heterocycles. The van der Waals surface area contributed by atoms with E-state index in [2.05, 4.69) is 83.6 Å². The number of H-pyrrole nitrogens is 1. The zero-order chi connectivity index (χ0) is 17.9. The Bertz CT molecular complexity index is 865. The van der Waals surface area contributed by atoms with Crippen LogP contribution in [0.4, 0.5) is 5.69 Å². The Hall–Kier alpha value is -2.26. The molecule has 2 heterocycles. The van der Waals surface area contributed by atoms with Gasteiger partial charge in [-0.1, -0.05) is 36.4 Å². The van der Waals surface area contributed by atoms with E-state index in [1.54, 1.807) is 0 Å². The minimum absolute atomic E-state index is 0.716. The predicted molar refractivity (Wildman–Crippen MR) is 111 cm³/mol. The molecule has 0 radical (unpaired) electrons. The summed E-state index contributed by atoms with van der Waals surface area (Å²) in [6, 6.07) is 17.6. The van der Waals surface area contributed by atoms with Crippen LogP contribution in [0.2, 0.25) is 0 Å². The first-order valence-corrected chi connectivity index (χ1v) is 9.73. The molecular weight excluding hydrogens is 318 g/mol. The lowest BCUT2D eigenvalue weighted by molar-refractivity contribution is 0.317. The number of aromatic nitrogens is 1. The van der Waals surface area contributed by atoms with E-state index in [1.165, 1.54) is 47.1 Å². The summed E-state index contributed by atoms with van der Waals surface area (Å²) in [7, 11) is 4.36. The summed E-state index contributed by atoms with van der Waals surface area (Å²) in [6.07, 6.45) is 5.70. The molecule has 0 saturated carbocycles. The van der Waals surface area contributed by atoms with Gasteiger partial charge in [0, 0.05) is 42.4 Å². The molecule has 0 amide bonds. The maximum atomic E-state index is 3.40. The number of para-hydroxylation sites is 2. The molecule has 1 atom stereocenters. The standard InChI is InChI=1S/C23H29N3/c1-25(2)16-18-14-19-8-3-6-12-23(19)26(17-18)13-7-9-20-15-24-22-11-5-4-10-21(20)22/h3-6,8,10-12,15,18,24H,7,9,13-14,16-17H2,1-2H3. The van der Waals surface area contributed by atoms with E-state index in [9.17, 15) is 0 Å². The smallest absolute Gasteiger partial charge is 0.0456 e. The molecule has 3 heteroatoms. The zero-order valence-electron chi connectivity index (χ0n) is 15.9. The van der Waals surface area contributed by atoms with Crippen LogP contribution < -0.4 is 4.90 Å². The monoisotopic (exact) mass is 347 g/mol. The van der Waals surface area contributed by atoms with Crippen molar-refractivity contribution in [1.29, 1.82) is 0 Å². The fraction of sp³-hybridized carbons (Fsp3) is 0.391. The number of aryl methyl sites for hydroxylation is 1. The molecule has 0 saturated heterocycles. The molecule has 0 spiro atoms. The highest BCUT2D eigenvalue weighted by Gasteiger charge is 2.24. The van der Waals surface area contributed by atoms with Crippen LogP contribution in [0, 0.1) is 5.92 Å². The van der Waals surface area contributed by atoms with E-state index in [0.29, 0.717) is 5.92 Å². The third-order valence-electron chi connectivity index (χ3n) is 5.49. The van der Waals surface area contributed by atoms with Crippen molar-refractivity contribution in [1.82, 2.24) is 9.88 Å². The van der Waals surface area contributed by atoms with Crippen LogP contribution in [0.15, 0.2) is 54.7 Å². The third kappa shape index (κ3) is 3.63. The lowest BCUT2D eigenvalue weighted by atomic mass is 9.92. The molecule has 1 N–H and O–H groups in total. The molecule has 2 aromatic carbocycles. The van der Waals surface area contributed by atoms with E-state index in [0.717, 1.165) is 19.5 Å². The topological polar surface area (TPSA) is 22.3 Å². The Balaban J connectivity index is 1.44. The van der Waals surface area contributed by atoms with Crippen LogP contribution in [0.25, 0.3) is 10.9 Å². The van der Waals surface area contributed by atoms with Crippen LogP contribution in [-0.2, 0) is 12.8 Å². The van der Waals surface area contributed by atoms with Gasteiger partial charge in [-0.25, -0.2) is 0 Å². The van der Waals surface area contributed by atoms with Crippen LogP contribution in [0.5, 0.6) is 0 Å². The summed E-state index contributed by atoms with van der Waals surface area (Å²) >= 11 is 0. The Morgan fingerprint density at radius 2 is 1.88 bits per heavy atom. The van der Waals surface area contributed by atoms with Gasteiger partial charge in [0.2, 0.25) is 0 Å². The fourth-order valence-corrected chi connectivity index (χ4v) is 4.43. The van der Waals surface area contributed by atoms with Crippen LogP contribution in [-0.4, -0.2) is 43.6 Å². The number of fused-ring (bicyclic) bond motifs is 2. The normalized spacial score (nSPS) is 17.0. The van der Waals surface area contributed by atoms with Crippen molar-refractivity contribution in [2.24, 2.45) is 5.92 Å². The molecule has 136 valence electrons. The molecule has 26 heavy (non-hydrogen) atoms. The van der Waals surface area contributed by atoms with Crippen molar-refractivity contribution in [3.8, 4) is 0 Å². The predicted octanol–water partition coefficient (Wildman–Crippen LogP) is 4.34. The van der Waals surface area contributed by atoms with Crippen molar-refractivity contribution in [2.75, 3.05) is 38.6 Å². The third-order valence-corrected chi connectivity index (χ3v) is 5.49. The highest BCUT2D eigenvalue weighted by Crippen LogP contribution is 2.30. The fourth-order valence-electron chi connectivity index (χ4n) is 4.43. The number of nitrogens with one attached hydrogen (secondary N) is 1. The summed E-state index contributed by atoms with van der Waals surface area (Å²) in [4.78, 5) is 8.34. The van der Waals surface area contributed by atoms with E-state index >= 15 is 0 Å². The largest absolute Gasteiger partial charge is 0.371 e. The average molecular weight is 348 g/mol. The van der Waals surface area contributed by atoms with Gasteiger partial charge in [-0.3, -0.25) is 0 Å². The van der Waals surface area contributed by atoms with Gasteiger partial charge in [-0.05, 0) is 62.5 Å². The van der Waals surface area contributed by atoms with E-state index in [-0.39, 0.29) is 0 Å². The highest BCUT2D eigenvalue weighted by molar-refractivity contribution is 5.83. The highest BCUT2D eigenvalue weighted by atomic mass is 15.2. The van der Waals surface area contributed by atoms with Crippen molar-refractivity contribution in [2.45, 2.75) is 19.3 Å². The summed E-state index contributed by atoms with van der Waals surface area (Å²) < 4.78 is 0. The summed E-state index contributed by atoms with van der Waals surface area (Å²) in [5, 5.41) is 1.37. The summed E-state index contributed by atoms with van der Waals surface area (Å²) in [6.45, 7) is 3.46. The summed E-state index contributed by atoms with van der Waals surface area (Å²) in [5.74, 6) is 0.716. The van der Waals surface area contributed by atoms with Crippen LogP contribution in [0.1, 0.15) is 17.5 Å². The molecule has 3 nitrogen and oxygen atoms in total. The quantitative estimate of drug-likeness (QED) is 0.716. The second-order valence-corrected chi connectivity index (χ2v) is 7.87. The van der Waals surface area contributed by atoms with Gasteiger partial charge >= 0.3 is 0 Å². The number of hydrogen-bond donors (Lipinski definition) is 1. The van der Waals surface area contributed by atoms with Gasteiger partial charge < -0.3 is 14.8 Å². The molecule has 0 aliphatic carbocycles. The van der Waals surface area contributed by atoms with E-state index in [4.69, 9.17) is 0 Å². The zero-order valence-corrected chi connectivity index (χ0v) is 15.9. The average Bonchev–Trinajstić information content (AvgIpc) is 3.04. The van der Waals surface area contributed by atoms with Gasteiger partial charge in [-0.2, -0.15) is 0 Å². The van der Waals surface area contributed by atoms with Crippen molar-refractivity contribution < 1.29 is 0 Å². The van der Waals surface area contributed by atoms with Gasteiger partial charge in [0.15, 0.2) is 0 Å². The van der Waals surface area contributed by atoms with Gasteiger partial charge in [0.05, 0.1) is 0 Å². The van der Waals surface area contributed by atoms with Crippen LogP contribution in [0.3, 0.4) is 0 Å². The Kier molecular flexibility index (Phi) is 4.98. The Labute approximate surface area is 156 Å². The number of anilines is 1. The summed E-state index contributed by atoms with van der Waals surface area (Å²) in [5.41, 5.74) is 5.65. The molecule has 3 aromatic rings. The van der Waals surface area contributed by atoms with Gasteiger partial charge in [-0.15, -0.1) is 0 Å². The molecular formula is C23H29N3. The molecule has 1 aliphatic heterocycles. The van der Waals surface area contributed by atoms with Gasteiger partial charge in [0.1, 0.15) is 0 Å². The minimum Gasteiger partial charge on any atom is -0.371 e. The lowest BCUT2D eigenvalue weighted by Crippen LogP contribution is -2.40. The molecule has 1 aliphatic rings. The Morgan fingerprint density at radius 3 is 2.77 bits per heavy atom. The number of benzene rings is 2. The van der Waals surface area contributed by atoms with Crippen molar-refractivity contribution >= 4 is 16.6 Å². The first-order valence-electron chi connectivity index (χ1n) is 9.73. The first-order chi connectivity index (χ1) is 12.7. The number of rotatable bonds is 6. The number of nitrogens with zero attached hydrogens (tertiary/aromatic N) is 2. The van der Waals surface area contributed by atoms with E-state index < -0.39 is 0 Å². The molecule has 1 unspecified atom stereocenters. The molecule has 0 fully saturated rings. The van der Waals surface area contributed by atoms with Gasteiger partial charge in [0.25, 0.3) is 0 Å². The van der Waals surface area contributed by atoms with Crippen LogP contribution >= 0.6 is 0 Å². The van der Waals surface area contributed by atoms with E-state index in [1.807, 2.05) is 0 Å². The lowest BCUT2D eigenvalue weighted by Gasteiger charge is -2.37. The number of hydrogen-bond acceptors (Lipinski definition) is 2. The minimum atomic E-state index is 0.716. The molecule has 0 bridgehead atoms. The second-order valence-electron chi connectivity index (χ2n) is 7.87.